The summed E-state index contributed by atoms with van der Waals surface area (Å²) in [6, 6.07) is 9.36. The van der Waals surface area contributed by atoms with Gasteiger partial charge in [0.25, 0.3) is 0 Å². The molecule has 6 heteroatoms. The Morgan fingerprint density at radius 3 is 2.64 bits per heavy atom. The Kier molecular flexibility index (Phi) is 8.08. The van der Waals surface area contributed by atoms with Crippen molar-refractivity contribution in [3.63, 3.8) is 0 Å². The molecule has 2 heterocycles. The minimum absolute atomic E-state index is 0. The summed E-state index contributed by atoms with van der Waals surface area (Å²) in [6.45, 7) is 10.2. The van der Waals surface area contributed by atoms with Gasteiger partial charge in [0.15, 0.2) is 0 Å². The van der Waals surface area contributed by atoms with Gasteiger partial charge < -0.3 is 10.6 Å². The maximum absolute atomic E-state index is 12.4. The quantitative estimate of drug-likeness (QED) is 0.775. The van der Waals surface area contributed by atoms with Crippen LogP contribution in [0.4, 0.5) is 0 Å². The molecule has 154 valence electrons. The van der Waals surface area contributed by atoms with E-state index < -0.39 is 0 Å². The fraction of sp³-hybridized carbons (Fsp3) is 0.545. The third kappa shape index (κ3) is 5.82. The molecule has 28 heavy (non-hydrogen) atoms. The molecule has 1 fully saturated rings. The first-order valence-electron chi connectivity index (χ1n) is 10.0. The van der Waals surface area contributed by atoms with Gasteiger partial charge in [-0.25, -0.2) is 0 Å². The number of carbonyl (C=O) groups excluding carboxylic acids is 1. The predicted octanol–water partition coefficient (Wildman–Crippen LogP) is 3.47. The summed E-state index contributed by atoms with van der Waals surface area (Å²) in [6.07, 6.45) is 3.30. The molecule has 1 amide bonds. The highest BCUT2D eigenvalue weighted by Gasteiger charge is 2.20. The summed E-state index contributed by atoms with van der Waals surface area (Å²) >= 11 is 0. The first kappa shape index (κ1) is 22.4. The third-order valence-corrected chi connectivity index (χ3v) is 5.58. The van der Waals surface area contributed by atoms with Crippen LogP contribution in [-0.2, 0) is 17.8 Å². The average molecular weight is 405 g/mol. The van der Waals surface area contributed by atoms with E-state index in [0.29, 0.717) is 18.5 Å². The van der Waals surface area contributed by atoms with Gasteiger partial charge in [0.05, 0.1) is 12.2 Å². The van der Waals surface area contributed by atoms with Crippen LogP contribution >= 0.6 is 12.4 Å². The van der Waals surface area contributed by atoms with E-state index in [0.717, 1.165) is 43.7 Å². The van der Waals surface area contributed by atoms with Gasteiger partial charge in [-0.2, -0.15) is 5.10 Å². The number of halogens is 1. The highest BCUT2D eigenvalue weighted by Crippen LogP contribution is 2.17. The minimum atomic E-state index is 0. The second-order valence-corrected chi connectivity index (χ2v) is 7.94. The Labute approximate surface area is 174 Å². The number of hydrogen-bond donors (Lipinski definition) is 2. The normalized spacial score (nSPS) is 19.1. The van der Waals surface area contributed by atoms with Crippen molar-refractivity contribution >= 4 is 18.3 Å². The molecule has 2 atom stereocenters. The molecular weight excluding hydrogens is 372 g/mol. The van der Waals surface area contributed by atoms with Gasteiger partial charge in [-0.15, -0.1) is 12.4 Å². The van der Waals surface area contributed by atoms with Gasteiger partial charge in [-0.05, 0) is 64.6 Å². The zero-order valence-electron chi connectivity index (χ0n) is 17.4. The van der Waals surface area contributed by atoms with E-state index in [1.165, 1.54) is 16.7 Å². The number of nitrogens with zero attached hydrogens (tertiary/aromatic N) is 2. The molecule has 0 saturated carbocycles. The van der Waals surface area contributed by atoms with Crippen LogP contribution in [0.2, 0.25) is 0 Å². The van der Waals surface area contributed by atoms with Gasteiger partial charge >= 0.3 is 0 Å². The van der Waals surface area contributed by atoms with E-state index in [2.05, 4.69) is 60.4 Å². The Hall–Kier alpha value is -1.85. The molecule has 5 nitrogen and oxygen atoms in total. The maximum Gasteiger partial charge on any atom is 0.220 e. The number of hydrogen-bond acceptors (Lipinski definition) is 3. The summed E-state index contributed by atoms with van der Waals surface area (Å²) in [5.74, 6) is 0.152. The van der Waals surface area contributed by atoms with E-state index in [4.69, 9.17) is 5.10 Å². The van der Waals surface area contributed by atoms with Crippen molar-refractivity contribution in [3.8, 4) is 0 Å². The van der Waals surface area contributed by atoms with Gasteiger partial charge in [0.2, 0.25) is 5.91 Å². The lowest BCUT2D eigenvalue weighted by molar-refractivity contribution is -0.122. The van der Waals surface area contributed by atoms with Gasteiger partial charge in [0.1, 0.15) is 0 Å². The van der Waals surface area contributed by atoms with Crippen LogP contribution in [0.25, 0.3) is 0 Å². The van der Waals surface area contributed by atoms with Gasteiger partial charge in [-0.3, -0.25) is 9.48 Å². The van der Waals surface area contributed by atoms with Crippen LogP contribution in [0.5, 0.6) is 0 Å². The van der Waals surface area contributed by atoms with E-state index in [1.807, 2.05) is 6.92 Å². The highest BCUT2D eigenvalue weighted by molar-refractivity contribution is 5.85. The molecule has 2 N–H and O–H groups in total. The Balaban J connectivity index is 0.00000280. The van der Waals surface area contributed by atoms with Gasteiger partial charge in [0, 0.05) is 24.2 Å². The molecule has 0 aliphatic carbocycles. The second-order valence-electron chi connectivity index (χ2n) is 7.94. The van der Waals surface area contributed by atoms with E-state index in [1.54, 1.807) is 0 Å². The van der Waals surface area contributed by atoms with Crippen molar-refractivity contribution in [2.75, 3.05) is 6.54 Å². The fourth-order valence-corrected chi connectivity index (χ4v) is 3.92. The van der Waals surface area contributed by atoms with Crippen LogP contribution in [0, 0.1) is 20.8 Å². The van der Waals surface area contributed by atoms with Crippen molar-refractivity contribution in [2.45, 2.75) is 72.0 Å². The minimum Gasteiger partial charge on any atom is -0.353 e. The monoisotopic (exact) mass is 404 g/mol. The highest BCUT2D eigenvalue weighted by atomic mass is 35.5. The molecule has 1 aromatic carbocycles. The van der Waals surface area contributed by atoms with Crippen LogP contribution in [-0.4, -0.2) is 34.3 Å². The zero-order chi connectivity index (χ0) is 19.4. The standard InChI is InChI=1S/C22H32N4O.ClH/c1-15-5-7-19(8-6-15)14-26-18(4)21(17(3)25-26)9-10-22(27)24-20-11-12-23-16(2)13-20;/h5-8,16,20,23H,9-14H2,1-4H3,(H,24,27);1H. The number of benzene rings is 1. The summed E-state index contributed by atoms with van der Waals surface area (Å²) in [4.78, 5) is 12.4. The lowest BCUT2D eigenvalue weighted by Gasteiger charge is -2.28. The van der Waals surface area contributed by atoms with E-state index in [-0.39, 0.29) is 18.3 Å². The van der Waals surface area contributed by atoms with Crippen molar-refractivity contribution < 1.29 is 4.79 Å². The lowest BCUT2D eigenvalue weighted by atomic mass is 10.00. The van der Waals surface area contributed by atoms with E-state index >= 15 is 0 Å². The predicted molar refractivity (Wildman–Crippen MR) is 116 cm³/mol. The SMILES string of the molecule is Cc1ccc(Cn2nc(C)c(CCC(=O)NC3CCNC(C)C3)c2C)cc1.Cl. The summed E-state index contributed by atoms with van der Waals surface area (Å²) in [7, 11) is 0. The van der Waals surface area contributed by atoms with Crippen molar-refractivity contribution in [1.82, 2.24) is 20.4 Å². The second kappa shape index (κ2) is 10.1. The number of rotatable bonds is 6. The summed E-state index contributed by atoms with van der Waals surface area (Å²) in [5, 5.41) is 11.3. The van der Waals surface area contributed by atoms with Crippen LogP contribution in [0.3, 0.4) is 0 Å². The first-order valence-corrected chi connectivity index (χ1v) is 10.0. The van der Waals surface area contributed by atoms with Gasteiger partial charge in [-0.1, -0.05) is 29.8 Å². The molecule has 0 bridgehead atoms. The van der Waals surface area contributed by atoms with Crippen LogP contribution in [0.1, 0.15) is 54.3 Å². The molecule has 2 aromatic rings. The molecule has 2 unspecified atom stereocenters. The van der Waals surface area contributed by atoms with Crippen LogP contribution in [0.15, 0.2) is 24.3 Å². The number of aryl methyl sites for hydroxylation is 2. The molecular formula is C22H33ClN4O. The molecule has 3 rings (SSSR count). The molecule has 0 radical (unpaired) electrons. The molecule has 1 aliphatic rings. The van der Waals surface area contributed by atoms with Crippen LogP contribution < -0.4 is 10.6 Å². The Bertz CT molecular complexity index is 785. The van der Waals surface area contributed by atoms with Crippen molar-refractivity contribution in [3.05, 3.63) is 52.3 Å². The van der Waals surface area contributed by atoms with E-state index in [9.17, 15) is 4.79 Å². The number of carbonyl (C=O) groups is 1. The zero-order valence-corrected chi connectivity index (χ0v) is 18.2. The topological polar surface area (TPSA) is 59.0 Å². The fourth-order valence-electron chi connectivity index (χ4n) is 3.92. The van der Waals surface area contributed by atoms with Crippen molar-refractivity contribution in [2.24, 2.45) is 0 Å². The van der Waals surface area contributed by atoms with Crippen molar-refractivity contribution in [1.29, 1.82) is 0 Å². The lowest BCUT2D eigenvalue weighted by Crippen LogP contribution is -2.46. The Morgan fingerprint density at radius 2 is 1.96 bits per heavy atom. The molecule has 0 spiro atoms. The summed E-state index contributed by atoms with van der Waals surface area (Å²) < 4.78 is 2.06. The number of aromatic nitrogens is 2. The average Bonchev–Trinajstić information content (AvgIpc) is 2.88. The third-order valence-electron chi connectivity index (χ3n) is 5.58. The Morgan fingerprint density at radius 1 is 1.25 bits per heavy atom. The largest absolute Gasteiger partial charge is 0.353 e. The number of amides is 1. The molecule has 1 aliphatic heterocycles. The molecule has 1 aromatic heterocycles. The number of piperidine rings is 1. The number of nitrogens with one attached hydrogen (secondary N) is 2. The first-order chi connectivity index (χ1) is 12.9. The summed E-state index contributed by atoms with van der Waals surface area (Å²) in [5.41, 5.74) is 5.91. The molecule has 1 saturated heterocycles. The smallest absolute Gasteiger partial charge is 0.220 e. The maximum atomic E-state index is 12.4.